The molecule has 0 spiro atoms. The van der Waals surface area contributed by atoms with Crippen LogP contribution in [0.25, 0.3) is 0 Å². The third kappa shape index (κ3) is 3.00. The van der Waals surface area contributed by atoms with Crippen molar-refractivity contribution in [1.82, 2.24) is 10.2 Å². The first-order valence-electron chi connectivity index (χ1n) is 7.73. The van der Waals surface area contributed by atoms with E-state index in [4.69, 9.17) is 14.2 Å². The van der Waals surface area contributed by atoms with Gasteiger partial charge in [0.1, 0.15) is 13.2 Å². The number of fused-ring (bicyclic) bond motifs is 1. The van der Waals surface area contributed by atoms with Gasteiger partial charge in [0.2, 0.25) is 0 Å². The molecule has 2 heterocycles. The molecule has 0 amide bonds. The Morgan fingerprint density at radius 3 is 2.76 bits per heavy atom. The molecule has 2 aliphatic heterocycles. The molecule has 1 N–H and O–H groups in total. The number of benzene rings is 1. The first-order valence-corrected chi connectivity index (χ1v) is 7.73. The van der Waals surface area contributed by atoms with Crippen LogP contribution in [0.1, 0.15) is 18.5 Å². The molecular formula is C16H24N2O3. The highest BCUT2D eigenvalue weighted by Gasteiger charge is 2.33. The van der Waals surface area contributed by atoms with E-state index in [1.54, 1.807) is 0 Å². The van der Waals surface area contributed by atoms with Gasteiger partial charge in [0.05, 0.1) is 18.8 Å². The standard InChI is InChI=1S/C16H24N2O3/c1-3-18-6-7-19-15(11-17-2)16(18)12-4-5-13-14(10-12)21-9-8-20-13/h4-5,10,15-17H,3,6-9,11H2,1-2H3. The maximum Gasteiger partial charge on any atom is 0.161 e. The molecule has 0 aromatic heterocycles. The SMILES string of the molecule is CCN1CCOC(CNC)C1c1ccc2c(c1)OCCO2. The van der Waals surface area contributed by atoms with E-state index in [1.165, 1.54) is 5.56 Å². The monoisotopic (exact) mass is 292 g/mol. The quantitative estimate of drug-likeness (QED) is 0.909. The summed E-state index contributed by atoms with van der Waals surface area (Å²) in [7, 11) is 1.97. The Balaban J connectivity index is 1.90. The average Bonchev–Trinajstić information content (AvgIpc) is 2.54. The summed E-state index contributed by atoms with van der Waals surface area (Å²) >= 11 is 0. The van der Waals surface area contributed by atoms with E-state index in [1.807, 2.05) is 13.1 Å². The van der Waals surface area contributed by atoms with Gasteiger partial charge in [-0.15, -0.1) is 0 Å². The molecule has 1 aromatic carbocycles. The maximum atomic E-state index is 5.99. The van der Waals surface area contributed by atoms with Crippen LogP contribution in [0.3, 0.4) is 0 Å². The van der Waals surface area contributed by atoms with Crippen molar-refractivity contribution < 1.29 is 14.2 Å². The molecule has 1 aromatic rings. The molecule has 0 saturated carbocycles. The topological polar surface area (TPSA) is 43.0 Å². The van der Waals surface area contributed by atoms with E-state index < -0.39 is 0 Å². The van der Waals surface area contributed by atoms with Crippen molar-refractivity contribution in [3.8, 4) is 11.5 Å². The van der Waals surface area contributed by atoms with Crippen LogP contribution in [0.2, 0.25) is 0 Å². The van der Waals surface area contributed by atoms with Crippen LogP contribution >= 0.6 is 0 Å². The second kappa shape index (κ2) is 6.64. The van der Waals surface area contributed by atoms with E-state index in [0.717, 1.165) is 37.7 Å². The maximum absolute atomic E-state index is 5.99. The molecule has 0 bridgehead atoms. The molecule has 3 rings (SSSR count). The normalized spacial score (nSPS) is 25.8. The number of morpholine rings is 1. The van der Waals surface area contributed by atoms with Crippen LogP contribution in [0, 0.1) is 0 Å². The van der Waals surface area contributed by atoms with Gasteiger partial charge in [0.25, 0.3) is 0 Å². The fourth-order valence-corrected chi connectivity index (χ4v) is 3.18. The van der Waals surface area contributed by atoms with Crippen molar-refractivity contribution in [3.63, 3.8) is 0 Å². The van der Waals surface area contributed by atoms with E-state index in [9.17, 15) is 0 Å². The molecule has 5 heteroatoms. The third-order valence-electron chi connectivity index (χ3n) is 4.18. The van der Waals surface area contributed by atoms with Crippen molar-refractivity contribution >= 4 is 0 Å². The van der Waals surface area contributed by atoms with E-state index >= 15 is 0 Å². The van der Waals surface area contributed by atoms with Crippen LogP contribution in [0.5, 0.6) is 11.5 Å². The summed E-state index contributed by atoms with van der Waals surface area (Å²) in [6, 6.07) is 6.52. The minimum absolute atomic E-state index is 0.159. The smallest absolute Gasteiger partial charge is 0.161 e. The number of rotatable bonds is 4. The van der Waals surface area contributed by atoms with Gasteiger partial charge in [-0.05, 0) is 31.3 Å². The fraction of sp³-hybridized carbons (Fsp3) is 0.625. The first-order chi connectivity index (χ1) is 10.3. The summed E-state index contributed by atoms with van der Waals surface area (Å²) in [6.07, 6.45) is 0.159. The Morgan fingerprint density at radius 1 is 1.19 bits per heavy atom. The number of ether oxygens (including phenoxy) is 3. The van der Waals surface area contributed by atoms with Crippen molar-refractivity contribution in [1.29, 1.82) is 0 Å². The Labute approximate surface area is 126 Å². The number of likely N-dealkylation sites (N-methyl/N-ethyl adjacent to an activating group) is 2. The third-order valence-corrected chi connectivity index (χ3v) is 4.18. The van der Waals surface area contributed by atoms with E-state index in [0.29, 0.717) is 13.2 Å². The van der Waals surface area contributed by atoms with Gasteiger partial charge in [-0.1, -0.05) is 13.0 Å². The minimum Gasteiger partial charge on any atom is -0.486 e. The fourth-order valence-electron chi connectivity index (χ4n) is 3.18. The van der Waals surface area contributed by atoms with Crippen LogP contribution in [0.4, 0.5) is 0 Å². The Hall–Kier alpha value is -1.30. The molecule has 5 nitrogen and oxygen atoms in total. The predicted molar refractivity (Wildman–Crippen MR) is 81.1 cm³/mol. The van der Waals surface area contributed by atoms with Gasteiger partial charge in [0.15, 0.2) is 11.5 Å². The van der Waals surface area contributed by atoms with Crippen LogP contribution in [0.15, 0.2) is 18.2 Å². The van der Waals surface area contributed by atoms with Crippen molar-refractivity contribution in [3.05, 3.63) is 23.8 Å². The predicted octanol–water partition coefficient (Wildman–Crippen LogP) is 1.44. The van der Waals surface area contributed by atoms with Crippen molar-refractivity contribution in [2.75, 3.05) is 46.5 Å². The number of nitrogens with one attached hydrogen (secondary N) is 1. The second-order valence-corrected chi connectivity index (χ2v) is 5.44. The lowest BCUT2D eigenvalue weighted by molar-refractivity contribution is -0.0687. The molecule has 2 atom stereocenters. The number of hydrogen-bond acceptors (Lipinski definition) is 5. The molecule has 0 aliphatic carbocycles. The largest absolute Gasteiger partial charge is 0.486 e. The van der Waals surface area contributed by atoms with Crippen molar-refractivity contribution in [2.45, 2.75) is 19.1 Å². The lowest BCUT2D eigenvalue weighted by Gasteiger charge is -2.41. The minimum atomic E-state index is 0.159. The highest BCUT2D eigenvalue weighted by atomic mass is 16.6. The van der Waals surface area contributed by atoms with Crippen molar-refractivity contribution in [2.24, 2.45) is 0 Å². The van der Waals surface area contributed by atoms with Crippen LogP contribution in [-0.4, -0.2) is 57.5 Å². The van der Waals surface area contributed by atoms with Gasteiger partial charge in [-0.2, -0.15) is 0 Å². The van der Waals surface area contributed by atoms with Crippen LogP contribution < -0.4 is 14.8 Å². The molecule has 21 heavy (non-hydrogen) atoms. The van der Waals surface area contributed by atoms with Gasteiger partial charge >= 0.3 is 0 Å². The zero-order chi connectivity index (χ0) is 14.7. The molecular weight excluding hydrogens is 268 g/mol. The second-order valence-electron chi connectivity index (χ2n) is 5.44. The molecule has 2 unspecified atom stereocenters. The van der Waals surface area contributed by atoms with Gasteiger partial charge in [-0.3, -0.25) is 4.90 Å². The molecule has 116 valence electrons. The Bertz CT molecular complexity index is 479. The summed E-state index contributed by atoms with van der Waals surface area (Å²) < 4.78 is 17.3. The highest BCUT2D eigenvalue weighted by molar-refractivity contribution is 5.45. The zero-order valence-corrected chi connectivity index (χ0v) is 12.8. The molecule has 0 radical (unpaired) electrons. The summed E-state index contributed by atoms with van der Waals surface area (Å²) in [4.78, 5) is 2.47. The summed E-state index contributed by atoms with van der Waals surface area (Å²) in [5.41, 5.74) is 1.24. The number of hydrogen-bond donors (Lipinski definition) is 1. The lowest BCUT2D eigenvalue weighted by Crippen LogP contribution is -2.48. The van der Waals surface area contributed by atoms with Crippen LogP contribution in [-0.2, 0) is 4.74 Å². The van der Waals surface area contributed by atoms with E-state index in [-0.39, 0.29) is 12.1 Å². The summed E-state index contributed by atoms with van der Waals surface area (Å²) in [5, 5.41) is 3.24. The van der Waals surface area contributed by atoms with E-state index in [2.05, 4.69) is 29.3 Å². The summed E-state index contributed by atoms with van der Waals surface area (Å²) in [5.74, 6) is 1.69. The summed E-state index contributed by atoms with van der Waals surface area (Å²) in [6.45, 7) is 7.07. The van der Waals surface area contributed by atoms with Gasteiger partial charge in [-0.25, -0.2) is 0 Å². The van der Waals surface area contributed by atoms with Gasteiger partial charge in [0, 0.05) is 13.1 Å². The molecule has 2 aliphatic rings. The Kier molecular flexibility index (Phi) is 4.63. The molecule has 1 saturated heterocycles. The molecule has 1 fully saturated rings. The van der Waals surface area contributed by atoms with Gasteiger partial charge < -0.3 is 19.5 Å². The lowest BCUT2D eigenvalue weighted by atomic mass is 9.97. The Morgan fingerprint density at radius 2 is 2.00 bits per heavy atom. The zero-order valence-electron chi connectivity index (χ0n) is 12.8. The average molecular weight is 292 g/mol. The number of nitrogens with zero attached hydrogens (tertiary/aromatic N) is 1. The first kappa shape index (κ1) is 14.6. The highest BCUT2D eigenvalue weighted by Crippen LogP contribution is 2.36.